The van der Waals surface area contributed by atoms with E-state index in [4.69, 9.17) is 4.74 Å². The zero-order valence-corrected chi connectivity index (χ0v) is 12.8. The fraction of sp³-hybridized carbons (Fsp3) is 0.235. The molecule has 2 aromatic carbocycles. The standard InChI is InChI=1S/C17H18N2O.ClH/c1-2-3-12-20-14-10-8-13(9-11-14)17-18-15-6-4-5-7-16(15)19-17;/h4-11H,2-3,12H2,1H3,(H,18,19);1H. The van der Waals surface area contributed by atoms with Gasteiger partial charge >= 0.3 is 0 Å². The van der Waals surface area contributed by atoms with Crippen LogP contribution < -0.4 is 4.74 Å². The van der Waals surface area contributed by atoms with E-state index in [0.717, 1.165) is 47.6 Å². The molecular formula is C17H19ClN2O. The molecular weight excluding hydrogens is 284 g/mol. The van der Waals surface area contributed by atoms with Gasteiger partial charge in [0.1, 0.15) is 11.6 Å². The summed E-state index contributed by atoms with van der Waals surface area (Å²) in [5.41, 5.74) is 3.13. The minimum absolute atomic E-state index is 0. The molecule has 0 saturated heterocycles. The van der Waals surface area contributed by atoms with E-state index in [-0.39, 0.29) is 12.4 Å². The minimum Gasteiger partial charge on any atom is -0.494 e. The molecule has 4 heteroatoms. The van der Waals surface area contributed by atoms with Crippen molar-refractivity contribution in [2.75, 3.05) is 6.61 Å². The van der Waals surface area contributed by atoms with Crippen LogP contribution in [-0.4, -0.2) is 16.6 Å². The number of H-pyrrole nitrogens is 1. The maximum absolute atomic E-state index is 5.67. The Labute approximate surface area is 130 Å². The number of hydrogen-bond donors (Lipinski definition) is 1. The van der Waals surface area contributed by atoms with E-state index in [1.54, 1.807) is 0 Å². The Bertz CT molecular complexity index is 658. The van der Waals surface area contributed by atoms with E-state index in [9.17, 15) is 0 Å². The van der Waals surface area contributed by atoms with Gasteiger partial charge in [-0.25, -0.2) is 4.98 Å². The smallest absolute Gasteiger partial charge is 0.138 e. The molecule has 3 rings (SSSR count). The second-order valence-electron chi connectivity index (χ2n) is 4.83. The van der Waals surface area contributed by atoms with Crippen LogP contribution >= 0.6 is 12.4 Å². The van der Waals surface area contributed by atoms with Crippen molar-refractivity contribution >= 4 is 23.4 Å². The van der Waals surface area contributed by atoms with Crippen LogP contribution in [0.15, 0.2) is 48.5 Å². The first-order valence-corrected chi connectivity index (χ1v) is 7.05. The molecule has 0 bridgehead atoms. The molecule has 0 radical (unpaired) electrons. The van der Waals surface area contributed by atoms with Crippen molar-refractivity contribution in [2.24, 2.45) is 0 Å². The number of para-hydroxylation sites is 2. The number of hydrogen-bond acceptors (Lipinski definition) is 2. The van der Waals surface area contributed by atoms with Crippen LogP contribution in [-0.2, 0) is 0 Å². The molecule has 0 aliphatic carbocycles. The van der Waals surface area contributed by atoms with Crippen molar-refractivity contribution in [2.45, 2.75) is 19.8 Å². The number of halogens is 1. The SMILES string of the molecule is CCCCOc1ccc(-c2nc3ccccc3[nH]2)cc1.Cl. The number of aromatic amines is 1. The largest absolute Gasteiger partial charge is 0.494 e. The quantitative estimate of drug-likeness (QED) is 0.685. The summed E-state index contributed by atoms with van der Waals surface area (Å²) in [6.07, 6.45) is 2.24. The summed E-state index contributed by atoms with van der Waals surface area (Å²) >= 11 is 0. The molecule has 0 saturated carbocycles. The van der Waals surface area contributed by atoms with Crippen LogP contribution in [0.2, 0.25) is 0 Å². The topological polar surface area (TPSA) is 37.9 Å². The number of imidazole rings is 1. The molecule has 1 aromatic heterocycles. The molecule has 0 aliphatic rings. The molecule has 21 heavy (non-hydrogen) atoms. The summed E-state index contributed by atoms with van der Waals surface area (Å²) in [5.74, 6) is 1.81. The van der Waals surface area contributed by atoms with E-state index >= 15 is 0 Å². The van der Waals surface area contributed by atoms with Crippen molar-refractivity contribution in [3.63, 3.8) is 0 Å². The zero-order valence-electron chi connectivity index (χ0n) is 12.0. The van der Waals surface area contributed by atoms with Gasteiger partial charge in [0.2, 0.25) is 0 Å². The van der Waals surface area contributed by atoms with Gasteiger partial charge in [-0.3, -0.25) is 0 Å². The Kier molecular flexibility index (Phi) is 5.23. The molecule has 0 aliphatic heterocycles. The third-order valence-corrected chi connectivity index (χ3v) is 3.28. The van der Waals surface area contributed by atoms with Crippen molar-refractivity contribution in [3.8, 4) is 17.1 Å². The highest BCUT2D eigenvalue weighted by Gasteiger charge is 2.04. The van der Waals surface area contributed by atoms with E-state index in [2.05, 4.69) is 16.9 Å². The Hall–Kier alpha value is -2.00. The monoisotopic (exact) mass is 302 g/mol. The number of benzene rings is 2. The highest BCUT2D eigenvalue weighted by atomic mass is 35.5. The summed E-state index contributed by atoms with van der Waals surface area (Å²) in [4.78, 5) is 7.92. The molecule has 0 unspecified atom stereocenters. The van der Waals surface area contributed by atoms with Gasteiger partial charge in [0.15, 0.2) is 0 Å². The summed E-state index contributed by atoms with van der Waals surface area (Å²) in [5, 5.41) is 0. The maximum atomic E-state index is 5.67. The highest BCUT2D eigenvalue weighted by molar-refractivity contribution is 5.85. The predicted molar refractivity (Wildman–Crippen MR) is 89.2 cm³/mol. The van der Waals surface area contributed by atoms with Gasteiger partial charge in [0.25, 0.3) is 0 Å². The summed E-state index contributed by atoms with van der Waals surface area (Å²) in [6, 6.07) is 16.1. The van der Waals surface area contributed by atoms with Crippen LogP contribution in [0.3, 0.4) is 0 Å². The second kappa shape index (κ2) is 7.14. The predicted octanol–water partition coefficient (Wildman–Crippen LogP) is 4.83. The normalized spacial score (nSPS) is 10.3. The average molecular weight is 303 g/mol. The minimum atomic E-state index is 0. The Balaban J connectivity index is 0.00000161. The molecule has 0 atom stereocenters. The van der Waals surface area contributed by atoms with Crippen LogP contribution in [0.5, 0.6) is 5.75 Å². The van der Waals surface area contributed by atoms with Gasteiger partial charge in [0.05, 0.1) is 17.6 Å². The van der Waals surface area contributed by atoms with Gasteiger partial charge < -0.3 is 9.72 Å². The molecule has 0 amide bonds. The van der Waals surface area contributed by atoms with Gasteiger partial charge in [-0.2, -0.15) is 0 Å². The van der Waals surface area contributed by atoms with Crippen molar-refractivity contribution < 1.29 is 4.74 Å². The first-order chi connectivity index (χ1) is 9.86. The lowest BCUT2D eigenvalue weighted by molar-refractivity contribution is 0.309. The van der Waals surface area contributed by atoms with Crippen molar-refractivity contribution in [3.05, 3.63) is 48.5 Å². The lowest BCUT2D eigenvalue weighted by Crippen LogP contribution is -1.95. The first kappa shape index (κ1) is 15.4. The van der Waals surface area contributed by atoms with E-state index < -0.39 is 0 Å². The molecule has 1 heterocycles. The number of rotatable bonds is 5. The zero-order chi connectivity index (χ0) is 13.8. The number of aromatic nitrogens is 2. The lowest BCUT2D eigenvalue weighted by atomic mass is 10.2. The van der Waals surface area contributed by atoms with Crippen molar-refractivity contribution in [1.29, 1.82) is 0 Å². The van der Waals surface area contributed by atoms with Crippen LogP contribution in [0, 0.1) is 0 Å². The van der Waals surface area contributed by atoms with E-state index in [1.165, 1.54) is 0 Å². The molecule has 0 fully saturated rings. The number of nitrogens with one attached hydrogen (secondary N) is 1. The maximum Gasteiger partial charge on any atom is 0.138 e. The lowest BCUT2D eigenvalue weighted by Gasteiger charge is -2.05. The van der Waals surface area contributed by atoms with Crippen LogP contribution in [0.4, 0.5) is 0 Å². The van der Waals surface area contributed by atoms with Crippen molar-refractivity contribution in [1.82, 2.24) is 9.97 Å². The van der Waals surface area contributed by atoms with Gasteiger partial charge in [-0.05, 0) is 42.8 Å². The first-order valence-electron chi connectivity index (χ1n) is 7.05. The fourth-order valence-electron chi connectivity index (χ4n) is 2.13. The molecule has 1 N–H and O–H groups in total. The number of fused-ring (bicyclic) bond motifs is 1. The average Bonchev–Trinajstić information content (AvgIpc) is 2.92. The fourth-order valence-corrected chi connectivity index (χ4v) is 2.13. The Morgan fingerprint density at radius 1 is 1.05 bits per heavy atom. The second-order valence-corrected chi connectivity index (χ2v) is 4.83. The van der Waals surface area contributed by atoms with Crippen LogP contribution in [0.25, 0.3) is 22.4 Å². The van der Waals surface area contributed by atoms with Gasteiger partial charge in [-0.1, -0.05) is 25.5 Å². The number of unbranched alkanes of at least 4 members (excludes halogenated alkanes) is 1. The number of ether oxygens (including phenoxy) is 1. The molecule has 3 nitrogen and oxygen atoms in total. The molecule has 3 aromatic rings. The Morgan fingerprint density at radius 3 is 2.52 bits per heavy atom. The third kappa shape index (κ3) is 3.56. The number of nitrogens with zero attached hydrogens (tertiary/aromatic N) is 1. The van der Waals surface area contributed by atoms with Gasteiger partial charge in [0, 0.05) is 5.56 Å². The van der Waals surface area contributed by atoms with Crippen LogP contribution in [0.1, 0.15) is 19.8 Å². The summed E-state index contributed by atoms with van der Waals surface area (Å²) in [7, 11) is 0. The summed E-state index contributed by atoms with van der Waals surface area (Å²) < 4.78 is 5.67. The van der Waals surface area contributed by atoms with E-state index in [0.29, 0.717) is 0 Å². The molecule has 110 valence electrons. The third-order valence-electron chi connectivity index (χ3n) is 3.28. The van der Waals surface area contributed by atoms with E-state index in [1.807, 2.05) is 48.5 Å². The highest BCUT2D eigenvalue weighted by Crippen LogP contribution is 2.22. The Morgan fingerprint density at radius 2 is 1.81 bits per heavy atom. The summed E-state index contributed by atoms with van der Waals surface area (Å²) in [6.45, 7) is 2.94. The van der Waals surface area contributed by atoms with Gasteiger partial charge in [-0.15, -0.1) is 12.4 Å². The molecule has 0 spiro atoms.